The maximum absolute atomic E-state index is 11.8. The van der Waals surface area contributed by atoms with Crippen molar-refractivity contribution < 1.29 is 24.6 Å². The van der Waals surface area contributed by atoms with Crippen LogP contribution in [-0.4, -0.2) is 38.7 Å². The zero-order chi connectivity index (χ0) is 13.7. The standard InChI is InChI=1S/C11H14N2O5/c1-2-13-5-3-4-8(13)10(16)12-7(11(17)18)6-9(14)15/h3-5,7H,2,6H2,1H3,(H,12,16)(H,14,15)(H,17,18). The molecule has 0 saturated heterocycles. The van der Waals surface area contributed by atoms with Crippen LogP contribution in [0.3, 0.4) is 0 Å². The lowest BCUT2D eigenvalue weighted by Gasteiger charge is -2.13. The highest BCUT2D eigenvalue weighted by Crippen LogP contribution is 2.03. The summed E-state index contributed by atoms with van der Waals surface area (Å²) in [7, 11) is 0. The molecule has 0 fully saturated rings. The van der Waals surface area contributed by atoms with Gasteiger partial charge in [0.15, 0.2) is 0 Å². The highest BCUT2D eigenvalue weighted by Gasteiger charge is 2.24. The number of nitrogens with zero attached hydrogens (tertiary/aromatic N) is 1. The van der Waals surface area contributed by atoms with Gasteiger partial charge in [-0.1, -0.05) is 0 Å². The van der Waals surface area contributed by atoms with E-state index in [-0.39, 0.29) is 0 Å². The molecule has 18 heavy (non-hydrogen) atoms. The van der Waals surface area contributed by atoms with Gasteiger partial charge in [-0.15, -0.1) is 0 Å². The predicted molar refractivity (Wildman–Crippen MR) is 61.2 cm³/mol. The Labute approximate surface area is 103 Å². The molecular weight excluding hydrogens is 240 g/mol. The number of carbonyl (C=O) groups excluding carboxylic acids is 1. The van der Waals surface area contributed by atoms with Crippen molar-refractivity contribution in [2.24, 2.45) is 0 Å². The molecule has 1 aromatic heterocycles. The van der Waals surface area contributed by atoms with Crippen LogP contribution in [0.1, 0.15) is 23.8 Å². The Morgan fingerprint density at radius 1 is 1.39 bits per heavy atom. The van der Waals surface area contributed by atoms with Gasteiger partial charge in [-0.2, -0.15) is 0 Å². The third-order valence-corrected chi connectivity index (χ3v) is 2.39. The lowest BCUT2D eigenvalue weighted by molar-refractivity contribution is -0.145. The Bertz CT molecular complexity index is 466. The number of aryl methyl sites for hydroxylation is 1. The van der Waals surface area contributed by atoms with Crippen LogP contribution in [0.2, 0.25) is 0 Å². The molecule has 0 spiro atoms. The molecule has 1 unspecified atom stereocenters. The average molecular weight is 254 g/mol. The van der Waals surface area contributed by atoms with Crippen molar-refractivity contribution >= 4 is 17.8 Å². The highest BCUT2D eigenvalue weighted by molar-refractivity contribution is 5.96. The smallest absolute Gasteiger partial charge is 0.326 e. The summed E-state index contributed by atoms with van der Waals surface area (Å²) in [6.07, 6.45) is 1.02. The van der Waals surface area contributed by atoms with E-state index in [2.05, 4.69) is 5.32 Å². The predicted octanol–water partition coefficient (Wildman–Crippen LogP) is 0.166. The van der Waals surface area contributed by atoms with E-state index in [1.165, 1.54) is 0 Å². The molecule has 1 aromatic rings. The molecule has 0 bridgehead atoms. The molecule has 3 N–H and O–H groups in total. The van der Waals surface area contributed by atoms with Crippen LogP contribution in [0.25, 0.3) is 0 Å². The van der Waals surface area contributed by atoms with E-state index in [4.69, 9.17) is 10.2 Å². The van der Waals surface area contributed by atoms with Gasteiger partial charge in [0.25, 0.3) is 5.91 Å². The Kier molecular flexibility index (Phi) is 4.47. The van der Waals surface area contributed by atoms with Gasteiger partial charge in [-0.3, -0.25) is 9.59 Å². The molecule has 0 aromatic carbocycles. The number of aliphatic carboxylic acids is 2. The van der Waals surface area contributed by atoms with Gasteiger partial charge >= 0.3 is 11.9 Å². The number of nitrogens with one attached hydrogen (secondary N) is 1. The van der Waals surface area contributed by atoms with Crippen molar-refractivity contribution in [3.05, 3.63) is 24.0 Å². The summed E-state index contributed by atoms with van der Waals surface area (Å²) >= 11 is 0. The molecule has 1 heterocycles. The fourth-order valence-electron chi connectivity index (χ4n) is 1.50. The van der Waals surface area contributed by atoms with Gasteiger partial charge in [0.1, 0.15) is 11.7 Å². The maximum Gasteiger partial charge on any atom is 0.326 e. The van der Waals surface area contributed by atoms with E-state index in [1.54, 1.807) is 22.9 Å². The molecular formula is C11H14N2O5. The monoisotopic (exact) mass is 254 g/mol. The topological polar surface area (TPSA) is 109 Å². The van der Waals surface area contributed by atoms with Gasteiger partial charge in [-0.25, -0.2) is 4.79 Å². The molecule has 0 saturated carbocycles. The third-order valence-electron chi connectivity index (χ3n) is 2.39. The van der Waals surface area contributed by atoms with Crippen LogP contribution < -0.4 is 5.32 Å². The number of hydrogen-bond acceptors (Lipinski definition) is 3. The van der Waals surface area contributed by atoms with Crippen molar-refractivity contribution in [2.75, 3.05) is 0 Å². The normalized spacial score (nSPS) is 11.8. The summed E-state index contributed by atoms with van der Waals surface area (Å²) in [5.74, 6) is -3.26. The number of carboxylic acid groups (broad SMARTS) is 2. The molecule has 0 aliphatic heterocycles. The second-order valence-corrected chi connectivity index (χ2v) is 3.64. The minimum atomic E-state index is -1.43. The molecule has 1 atom stereocenters. The van der Waals surface area contributed by atoms with Crippen molar-refractivity contribution in [1.29, 1.82) is 0 Å². The van der Waals surface area contributed by atoms with E-state index >= 15 is 0 Å². The van der Waals surface area contributed by atoms with Gasteiger partial charge in [0, 0.05) is 12.7 Å². The van der Waals surface area contributed by atoms with Gasteiger partial charge in [0.05, 0.1) is 6.42 Å². The number of rotatable bonds is 6. The van der Waals surface area contributed by atoms with Crippen molar-refractivity contribution in [1.82, 2.24) is 9.88 Å². The lowest BCUT2D eigenvalue weighted by atomic mass is 10.2. The van der Waals surface area contributed by atoms with Gasteiger partial charge < -0.3 is 20.1 Å². The first-order chi connectivity index (χ1) is 8.45. The Balaban J connectivity index is 2.78. The number of amides is 1. The van der Waals surface area contributed by atoms with Gasteiger partial charge in [0.2, 0.25) is 0 Å². The molecule has 7 nitrogen and oxygen atoms in total. The fourth-order valence-corrected chi connectivity index (χ4v) is 1.50. The molecule has 98 valence electrons. The molecule has 0 radical (unpaired) electrons. The number of carboxylic acids is 2. The first kappa shape index (κ1) is 13.8. The Morgan fingerprint density at radius 3 is 2.56 bits per heavy atom. The van der Waals surface area contributed by atoms with E-state index < -0.39 is 30.3 Å². The highest BCUT2D eigenvalue weighted by atomic mass is 16.4. The summed E-state index contributed by atoms with van der Waals surface area (Å²) in [5, 5.41) is 19.6. The quantitative estimate of drug-likeness (QED) is 0.670. The molecule has 0 aliphatic rings. The Morgan fingerprint density at radius 2 is 2.06 bits per heavy atom. The molecule has 1 rings (SSSR count). The third kappa shape index (κ3) is 3.34. The second kappa shape index (κ2) is 5.85. The second-order valence-electron chi connectivity index (χ2n) is 3.64. The summed E-state index contributed by atoms with van der Waals surface area (Å²) in [6.45, 7) is 2.40. The number of carbonyl (C=O) groups is 3. The van der Waals surface area contributed by atoms with E-state index in [9.17, 15) is 14.4 Å². The van der Waals surface area contributed by atoms with Crippen LogP contribution >= 0.6 is 0 Å². The fraction of sp³-hybridized carbons (Fsp3) is 0.364. The molecule has 0 aliphatic carbocycles. The van der Waals surface area contributed by atoms with Crippen LogP contribution in [0.15, 0.2) is 18.3 Å². The minimum absolute atomic E-state index is 0.300. The van der Waals surface area contributed by atoms with Crippen LogP contribution in [-0.2, 0) is 16.1 Å². The zero-order valence-electron chi connectivity index (χ0n) is 9.79. The largest absolute Gasteiger partial charge is 0.481 e. The van der Waals surface area contributed by atoms with Gasteiger partial charge in [-0.05, 0) is 19.1 Å². The van der Waals surface area contributed by atoms with Crippen LogP contribution in [0, 0.1) is 0 Å². The lowest BCUT2D eigenvalue weighted by Crippen LogP contribution is -2.42. The molecule has 1 amide bonds. The number of aromatic nitrogens is 1. The summed E-state index contributed by atoms with van der Waals surface area (Å²) in [5.41, 5.74) is 0.300. The average Bonchev–Trinajstić information content (AvgIpc) is 2.75. The SMILES string of the molecule is CCn1cccc1C(=O)NC(CC(=O)O)C(=O)O. The molecule has 7 heteroatoms. The van der Waals surface area contributed by atoms with Crippen molar-refractivity contribution in [2.45, 2.75) is 25.9 Å². The summed E-state index contributed by atoms with van der Waals surface area (Å²) < 4.78 is 1.63. The van der Waals surface area contributed by atoms with Crippen LogP contribution in [0.5, 0.6) is 0 Å². The van der Waals surface area contributed by atoms with E-state index in [0.717, 1.165) is 0 Å². The van der Waals surface area contributed by atoms with Crippen LogP contribution in [0.4, 0.5) is 0 Å². The minimum Gasteiger partial charge on any atom is -0.481 e. The van der Waals surface area contributed by atoms with E-state index in [1.807, 2.05) is 6.92 Å². The number of hydrogen-bond donors (Lipinski definition) is 3. The van der Waals surface area contributed by atoms with Crippen molar-refractivity contribution in [3.63, 3.8) is 0 Å². The Hall–Kier alpha value is -2.31. The van der Waals surface area contributed by atoms with Crippen molar-refractivity contribution in [3.8, 4) is 0 Å². The van der Waals surface area contributed by atoms with E-state index in [0.29, 0.717) is 12.2 Å². The maximum atomic E-state index is 11.8. The summed E-state index contributed by atoms with van der Waals surface area (Å²) in [4.78, 5) is 33.1. The first-order valence-electron chi connectivity index (χ1n) is 5.36. The first-order valence-corrected chi connectivity index (χ1v) is 5.36. The zero-order valence-corrected chi connectivity index (χ0v) is 9.79. The summed E-state index contributed by atoms with van der Waals surface area (Å²) in [6, 6.07) is 1.76.